The normalized spacial score (nSPS) is 11.3. The van der Waals surface area contributed by atoms with E-state index in [2.05, 4.69) is 19.1 Å². The highest BCUT2D eigenvalue weighted by Gasteiger charge is 1.97. The molecule has 1 aromatic carbocycles. The van der Waals surface area contributed by atoms with E-state index in [1.807, 2.05) is 24.3 Å². The largest absolute Gasteiger partial charge is 0.619 e. The third kappa shape index (κ3) is 12.5. The van der Waals surface area contributed by atoms with Gasteiger partial charge in [0.1, 0.15) is 5.75 Å². The van der Waals surface area contributed by atoms with Crippen molar-refractivity contribution in [2.75, 3.05) is 6.61 Å². The molecule has 2 aromatic rings. The first kappa shape index (κ1) is 26.0. The van der Waals surface area contributed by atoms with Gasteiger partial charge < -0.3 is 9.94 Å². The summed E-state index contributed by atoms with van der Waals surface area (Å²) in [5.74, 6) is 0.934. The molecule has 1 heterocycles. The molecule has 176 valence electrons. The van der Waals surface area contributed by atoms with Gasteiger partial charge in [0.05, 0.1) is 6.61 Å². The van der Waals surface area contributed by atoms with Gasteiger partial charge in [-0.15, -0.1) is 0 Å². The third-order valence-electron chi connectivity index (χ3n) is 5.94. The van der Waals surface area contributed by atoms with E-state index >= 15 is 0 Å². The molecule has 2 rings (SSSR count). The highest BCUT2D eigenvalue weighted by molar-refractivity contribution is 5.69. The minimum absolute atomic E-state index is 0.793. The Labute approximate surface area is 196 Å². The summed E-state index contributed by atoms with van der Waals surface area (Å²) < 4.78 is 6.68. The van der Waals surface area contributed by atoms with Gasteiger partial charge >= 0.3 is 0 Å². The van der Waals surface area contributed by atoms with Crippen molar-refractivity contribution in [2.24, 2.45) is 0 Å². The number of pyridine rings is 1. The fourth-order valence-corrected chi connectivity index (χ4v) is 3.89. The average molecular weight is 438 g/mol. The van der Waals surface area contributed by atoms with Crippen molar-refractivity contribution in [3.8, 4) is 5.75 Å². The van der Waals surface area contributed by atoms with Crippen molar-refractivity contribution in [1.29, 1.82) is 0 Å². The van der Waals surface area contributed by atoms with Crippen LogP contribution >= 0.6 is 0 Å². The highest BCUT2D eigenvalue weighted by Crippen LogP contribution is 2.16. The zero-order chi connectivity index (χ0) is 22.7. The summed E-state index contributed by atoms with van der Waals surface area (Å²) in [5.41, 5.74) is 2.13. The van der Waals surface area contributed by atoms with Crippen LogP contribution in [0.1, 0.15) is 108 Å². The molecule has 0 fully saturated rings. The number of ether oxygens (including phenoxy) is 1. The Kier molecular flexibility index (Phi) is 14.0. The predicted molar refractivity (Wildman–Crippen MR) is 137 cm³/mol. The molecule has 0 radical (unpaired) electrons. The lowest BCUT2D eigenvalue weighted by molar-refractivity contribution is -0.605. The van der Waals surface area contributed by atoms with Crippen LogP contribution in [0.3, 0.4) is 0 Å². The Morgan fingerprint density at radius 2 is 1.06 bits per heavy atom. The maximum absolute atomic E-state index is 11.1. The Hall–Kier alpha value is -2.29. The van der Waals surface area contributed by atoms with Gasteiger partial charge in [0, 0.05) is 12.1 Å². The third-order valence-corrected chi connectivity index (χ3v) is 5.94. The molecule has 0 saturated carbocycles. The number of unbranched alkanes of at least 4 members (excludes halogenated alkanes) is 13. The Balaban J connectivity index is 1.43. The molecule has 0 N–H and O–H groups in total. The van der Waals surface area contributed by atoms with Crippen LogP contribution in [-0.2, 0) is 0 Å². The van der Waals surface area contributed by atoms with Crippen molar-refractivity contribution < 1.29 is 9.47 Å². The summed E-state index contributed by atoms with van der Waals surface area (Å²) in [6, 6.07) is 11.8. The number of hydrogen-bond acceptors (Lipinski definition) is 2. The molecular formula is C29H43NO2. The van der Waals surface area contributed by atoms with E-state index in [1.54, 1.807) is 12.1 Å². The molecule has 1 aromatic heterocycles. The fourth-order valence-electron chi connectivity index (χ4n) is 3.89. The summed E-state index contributed by atoms with van der Waals surface area (Å²) in [4.78, 5) is 0. The first-order valence-electron chi connectivity index (χ1n) is 12.9. The fraction of sp³-hybridized carbons (Fsp3) is 0.552. The maximum atomic E-state index is 11.1. The molecule has 0 aliphatic heterocycles. The van der Waals surface area contributed by atoms with Gasteiger partial charge in [-0.3, -0.25) is 0 Å². The summed E-state index contributed by atoms with van der Waals surface area (Å²) in [7, 11) is 0. The predicted octanol–water partition coefficient (Wildman–Crippen LogP) is 8.35. The molecular weight excluding hydrogens is 394 g/mol. The zero-order valence-electron chi connectivity index (χ0n) is 20.1. The molecule has 32 heavy (non-hydrogen) atoms. The summed E-state index contributed by atoms with van der Waals surface area (Å²) >= 11 is 0. The van der Waals surface area contributed by atoms with E-state index in [-0.39, 0.29) is 0 Å². The van der Waals surface area contributed by atoms with Crippen molar-refractivity contribution in [3.05, 3.63) is 65.1 Å². The minimum Gasteiger partial charge on any atom is -0.619 e. The van der Waals surface area contributed by atoms with Crippen molar-refractivity contribution in [2.45, 2.75) is 96.8 Å². The van der Waals surface area contributed by atoms with E-state index in [1.165, 1.54) is 95.9 Å². The van der Waals surface area contributed by atoms with Crippen LogP contribution < -0.4 is 9.47 Å². The van der Waals surface area contributed by atoms with E-state index in [9.17, 15) is 5.21 Å². The van der Waals surface area contributed by atoms with Crippen LogP contribution in [0.25, 0.3) is 12.2 Å². The highest BCUT2D eigenvalue weighted by atomic mass is 16.5. The molecule has 3 heteroatoms. The number of aromatic nitrogens is 1. The SMILES string of the molecule is CCCCCCCCCCCCCCCCOc1ccc(/C=C/c2cc[n+]([O-])cc2)cc1. The van der Waals surface area contributed by atoms with Crippen LogP contribution in [0, 0.1) is 5.21 Å². The van der Waals surface area contributed by atoms with Crippen molar-refractivity contribution in [1.82, 2.24) is 0 Å². The molecule has 0 atom stereocenters. The first-order chi connectivity index (χ1) is 15.8. The van der Waals surface area contributed by atoms with E-state index in [4.69, 9.17) is 4.74 Å². The lowest BCUT2D eigenvalue weighted by Gasteiger charge is -2.07. The maximum Gasteiger partial charge on any atom is 0.180 e. The number of rotatable bonds is 18. The van der Waals surface area contributed by atoms with Gasteiger partial charge in [-0.05, 0) is 29.7 Å². The second-order valence-electron chi connectivity index (χ2n) is 8.84. The number of benzene rings is 1. The molecule has 0 unspecified atom stereocenters. The zero-order valence-corrected chi connectivity index (χ0v) is 20.1. The quantitative estimate of drug-likeness (QED) is 0.133. The van der Waals surface area contributed by atoms with Gasteiger partial charge in [0.25, 0.3) is 0 Å². The number of nitrogens with zero attached hydrogens (tertiary/aromatic N) is 1. The van der Waals surface area contributed by atoms with E-state index in [0.29, 0.717) is 0 Å². The topological polar surface area (TPSA) is 36.2 Å². The van der Waals surface area contributed by atoms with Crippen LogP contribution in [0.4, 0.5) is 0 Å². The first-order valence-corrected chi connectivity index (χ1v) is 12.9. The smallest absolute Gasteiger partial charge is 0.180 e. The minimum atomic E-state index is 0.793. The van der Waals surface area contributed by atoms with Gasteiger partial charge in [0.15, 0.2) is 12.4 Å². The lowest BCUT2D eigenvalue weighted by atomic mass is 10.0. The second kappa shape index (κ2) is 17.3. The molecule has 0 aliphatic carbocycles. The average Bonchev–Trinajstić information content (AvgIpc) is 2.82. The molecule has 0 aliphatic rings. The van der Waals surface area contributed by atoms with Gasteiger partial charge in [0.2, 0.25) is 0 Å². The molecule has 0 spiro atoms. The molecule has 0 amide bonds. The van der Waals surface area contributed by atoms with E-state index in [0.717, 1.165) is 34.6 Å². The van der Waals surface area contributed by atoms with Crippen molar-refractivity contribution >= 4 is 12.2 Å². The summed E-state index contributed by atoms with van der Waals surface area (Å²) in [6.07, 6.45) is 26.3. The molecule has 0 bridgehead atoms. The van der Waals surface area contributed by atoms with E-state index < -0.39 is 0 Å². The molecule has 0 saturated heterocycles. The monoisotopic (exact) mass is 437 g/mol. The van der Waals surface area contributed by atoms with Gasteiger partial charge in [-0.1, -0.05) is 115 Å². The summed E-state index contributed by atoms with van der Waals surface area (Å²) in [6.45, 7) is 3.08. The second-order valence-corrected chi connectivity index (χ2v) is 8.84. The Bertz CT molecular complexity index is 722. The summed E-state index contributed by atoms with van der Waals surface area (Å²) in [5, 5.41) is 11.1. The van der Waals surface area contributed by atoms with Crippen molar-refractivity contribution in [3.63, 3.8) is 0 Å². The van der Waals surface area contributed by atoms with Crippen LogP contribution in [0.5, 0.6) is 5.75 Å². The lowest BCUT2D eigenvalue weighted by Crippen LogP contribution is -2.23. The van der Waals surface area contributed by atoms with Crippen LogP contribution in [0.2, 0.25) is 0 Å². The Morgan fingerprint density at radius 3 is 1.56 bits per heavy atom. The number of hydrogen-bond donors (Lipinski definition) is 0. The van der Waals surface area contributed by atoms with Crippen LogP contribution in [-0.4, -0.2) is 6.61 Å². The van der Waals surface area contributed by atoms with Gasteiger partial charge in [-0.2, -0.15) is 4.73 Å². The standard InChI is InChI=1S/C29H43NO2/c1-2-3-4-5-6-7-8-9-10-11-12-13-14-15-26-32-29-20-18-27(19-21-29)16-17-28-22-24-30(31)25-23-28/h16-25H,2-15,26H2,1H3/b17-16+. The van der Waals surface area contributed by atoms with Crippen LogP contribution in [0.15, 0.2) is 48.8 Å². The Morgan fingerprint density at radius 1 is 0.625 bits per heavy atom. The van der Waals surface area contributed by atoms with Gasteiger partial charge in [-0.25, -0.2) is 0 Å². The molecule has 3 nitrogen and oxygen atoms in total.